The van der Waals surface area contributed by atoms with Crippen molar-refractivity contribution >= 4 is 15.9 Å². The smallest absolute Gasteiger partial charge is 0.140 e. The van der Waals surface area contributed by atoms with Gasteiger partial charge in [-0.15, -0.1) is 0 Å². The van der Waals surface area contributed by atoms with E-state index in [1.165, 1.54) is 0 Å². The van der Waals surface area contributed by atoms with Crippen molar-refractivity contribution in [2.75, 3.05) is 0 Å². The van der Waals surface area contributed by atoms with Gasteiger partial charge in [0.1, 0.15) is 5.82 Å². The third kappa shape index (κ3) is 1.51. The fourth-order valence-corrected chi connectivity index (χ4v) is 1.96. The quantitative estimate of drug-likeness (QED) is 0.806. The molecule has 0 radical (unpaired) electrons. The second-order valence-corrected chi connectivity index (χ2v) is 4.47. The highest BCUT2D eigenvalue weighted by molar-refractivity contribution is 9.10. The highest BCUT2D eigenvalue weighted by Crippen LogP contribution is 2.46. The van der Waals surface area contributed by atoms with E-state index in [2.05, 4.69) is 15.9 Å². The Morgan fingerprint density at radius 1 is 1.46 bits per heavy atom. The molecule has 1 aliphatic rings. The summed E-state index contributed by atoms with van der Waals surface area (Å²) in [5.74, 6) is -0.243. The Bertz CT molecular complexity index is 335. The fraction of sp³-hybridized carbons (Fsp3) is 0.400. The molecule has 0 bridgehead atoms. The van der Waals surface area contributed by atoms with Crippen LogP contribution in [0.3, 0.4) is 0 Å². The van der Waals surface area contributed by atoms with Gasteiger partial charge in [-0.25, -0.2) is 4.39 Å². The van der Waals surface area contributed by atoms with Crippen LogP contribution < -0.4 is 0 Å². The third-order valence-electron chi connectivity index (χ3n) is 2.47. The van der Waals surface area contributed by atoms with Crippen molar-refractivity contribution in [3.05, 3.63) is 33.5 Å². The zero-order chi connectivity index (χ0) is 9.64. The largest absolute Gasteiger partial charge is 0.385 e. The lowest BCUT2D eigenvalue weighted by atomic mass is 10.1. The Hall–Kier alpha value is -0.410. The van der Waals surface area contributed by atoms with Crippen LogP contribution in [0.15, 0.2) is 16.6 Å². The molecular formula is C10H10BrFO. The molecule has 70 valence electrons. The lowest BCUT2D eigenvalue weighted by Crippen LogP contribution is -2.05. The van der Waals surface area contributed by atoms with Gasteiger partial charge in [-0.2, -0.15) is 0 Å². The summed E-state index contributed by atoms with van der Waals surface area (Å²) in [5.41, 5.74) is 0.712. The van der Waals surface area contributed by atoms with Gasteiger partial charge in [-0.3, -0.25) is 0 Å². The monoisotopic (exact) mass is 244 g/mol. The van der Waals surface area contributed by atoms with Crippen molar-refractivity contribution in [2.24, 2.45) is 0 Å². The summed E-state index contributed by atoms with van der Waals surface area (Å²) < 4.78 is 13.6. The van der Waals surface area contributed by atoms with E-state index in [-0.39, 0.29) is 5.82 Å². The van der Waals surface area contributed by atoms with Crippen LogP contribution in [-0.2, 0) is 5.60 Å². The van der Waals surface area contributed by atoms with Crippen molar-refractivity contribution in [3.63, 3.8) is 0 Å². The van der Waals surface area contributed by atoms with Gasteiger partial charge in [0.05, 0.1) is 10.1 Å². The highest BCUT2D eigenvalue weighted by atomic mass is 79.9. The molecule has 1 aromatic rings. The van der Waals surface area contributed by atoms with E-state index in [1.807, 2.05) is 0 Å². The predicted octanol–water partition coefficient (Wildman–Crippen LogP) is 2.88. The van der Waals surface area contributed by atoms with Gasteiger partial charge in [-0.1, -0.05) is 6.07 Å². The summed E-state index contributed by atoms with van der Waals surface area (Å²) >= 11 is 3.13. The van der Waals surface area contributed by atoms with E-state index in [0.717, 1.165) is 18.4 Å². The molecule has 0 amide bonds. The van der Waals surface area contributed by atoms with Crippen molar-refractivity contribution in [3.8, 4) is 0 Å². The number of hydrogen-bond acceptors (Lipinski definition) is 1. The molecule has 3 heteroatoms. The van der Waals surface area contributed by atoms with Crippen LogP contribution in [-0.4, -0.2) is 5.11 Å². The first-order chi connectivity index (χ1) is 6.03. The molecule has 1 saturated carbocycles. The van der Waals surface area contributed by atoms with Crippen molar-refractivity contribution in [2.45, 2.75) is 25.4 Å². The Balaban J connectivity index is 2.50. The van der Waals surface area contributed by atoms with E-state index < -0.39 is 5.60 Å². The minimum Gasteiger partial charge on any atom is -0.385 e. The maximum atomic E-state index is 13.2. The number of halogens is 2. The fourth-order valence-electron chi connectivity index (χ4n) is 1.40. The van der Waals surface area contributed by atoms with Crippen LogP contribution in [0.25, 0.3) is 0 Å². The molecule has 0 aromatic heterocycles. The first-order valence-corrected chi connectivity index (χ1v) is 5.01. The molecule has 0 saturated heterocycles. The van der Waals surface area contributed by atoms with Gasteiger partial charge >= 0.3 is 0 Å². The Labute approximate surface area is 84.7 Å². The molecule has 13 heavy (non-hydrogen) atoms. The number of aliphatic hydroxyl groups is 1. The Kier molecular flexibility index (Phi) is 1.96. The van der Waals surface area contributed by atoms with Crippen LogP contribution >= 0.6 is 15.9 Å². The van der Waals surface area contributed by atoms with Crippen molar-refractivity contribution < 1.29 is 9.50 Å². The van der Waals surface area contributed by atoms with Crippen LogP contribution in [0, 0.1) is 12.7 Å². The van der Waals surface area contributed by atoms with Gasteiger partial charge in [0.15, 0.2) is 0 Å². The molecule has 2 rings (SSSR count). The zero-order valence-corrected chi connectivity index (χ0v) is 8.86. The van der Waals surface area contributed by atoms with Crippen LogP contribution in [0.2, 0.25) is 0 Å². The molecule has 0 heterocycles. The normalized spacial score (nSPS) is 18.8. The summed E-state index contributed by atoms with van der Waals surface area (Å²) in [4.78, 5) is 0. The second-order valence-electron chi connectivity index (χ2n) is 3.62. The van der Waals surface area contributed by atoms with Crippen LogP contribution in [0.4, 0.5) is 4.39 Å². The molecule has 0 spiro atoms. The molecule has 0 aliphatic heterocycles. The average molecular weight is 245 g/mol. The van der Waals surface area contributed by atoms with E-state index in [4.69, 9.17) is 0 Å². The van der Waals surface area contributed by atoms with Gasteiger partial charge in [0.25, 0.3) is 0 Å². The van der Waals surface area contributed by atoms with E-state index in [0.29, 0.717) is 10.0 Å². The maximum Gasteiger partial charge on any atom is 0.140 e. The van der Waals surface area contributed by atoms with Gasteiger partial charge in [-0.05, 0) is 52.9 Å². The maximum absolute atomic E-state index is 13.2. The third-order valence-corrected chi connectivity index (χ3v) is 3.05. The van der Waals surface area contributed by atoms with Crippen molar-refractivity contribution in [1.82, 2.24) is 0 Å². The van der Waals surface area contributed by atoms with E-state index >= 15 is 0 Å². The Morgan fingerprint density at radius 3 is 2.54 bits per heavy atom. The lowest BCUT2D eigenvalue weighted by molar-refractivity contribution is 0.151. The second kappa shape index (κ2) is 2.79. The van der Waals surface area contributed by atoms with E-state index in [9.17, 15) is 9.50 Å². The van der Waals surface area contributed by atoms with Crippen LogP contribution in [0.1, 0.15) is 24.0 Å². The molecule has 1 N–H and O–H groups in total. The molecule has 0 unspecified atom stereocenters. The first-order valence-electron chi connectivity index (χ1n) is 4.21. The lowest BCUT2D eigenvalue weighted by Gasteiger charge is -2.10. The topological polar surface area (TPSA) is 20.2 Å². The Morgan fingerprint density at radius 2 is 2.08 bits per heavy atom. The summed E-state index contributed by atoms with van der Waals surface area (Å²) in [6, 6.07) is 3.38. The number of aryl methyl sites for hydroxylation is 1. The summed E-state index contributed by atoms with van der Waals surface area (Å²) in [5, 5.41) is 9.80. The number of rotatable bonds is 1. The molecule has 1 aliphatic carbocycles. The van der Waals surface area contributed by atoms with Crippen LogP contribution in [0.5, 0.6) is 0 Å². The van der Waals surface area contributed by atoms with Gasteiger partial charge < -0.3 is 5.11 Å². The highest BCUT2D eigenvalue weighted by Gasteiger charge is 2.42. The first kappa shape index (κ1) is 9.16. The minimum atomic E-state index is -0.680. The minimum absolute atomic E-state index is 0.243. The molecule has 0 atom stereocenters. The summed E-state index contributed by atoms with van der Waals surface area (Å²) in [7, 11) is 0. The van der Waals surface area contributed by atoms with Gasteiger partial charge in [0.2, 0.25) is 0 Å². The molecule has 1 fully saturated rings. The average Bonchev–Trinajstić information content (AvgIpc) is 2.80. The standard InChI is InChI=1S/C10H10BrFO/c1-6-4-7(10(13)2-3-10)5-8(11)9(6)12/h4-5,13H,2-3H2,1H3. The predicted molar refractivity (Wildman–Crippen MR) is 52.0 cm³/mol. The summed E-state index contributed by atoms with van der Waals surface area (Å²) in [6.07, 6.45) is 1.56. The molecule has 1 nitrogen and oxygen atoms in total. The number of hydrogen-bond donors (Lipinski definition) is 1. The summed E-state index contributed by atoms with van der Waals surface area (Å²) in [6.45, 7) is 1.70. The van der Waals surface area contributed by atoms with Gasteiger partial charge in [0, 0.05) is 0 Å². The zero-order valence-electron chi connectivity index (χ0n) is 7.27. The molecule has 1 aromatic carbocycles. The SMILES string of the molecule is Cc1cc(C2(O)CC2)cc(Br)c1F. The molecular weight excluding hydrogens is 235 g/mol. The number of benzene rings is 1. The van der Waals surface area contributed by atoms with E-state index in [1.54, 1.807) is 19.1 Å². The van der Waals surface area contributed by atoms with Crippen molar-refractivity contribution in [1.29, 1.82) is 0 Å².